The average Bonchev–Trinajstić information content (AvgIpc) is 2.83. The van der Waals surface area contributed by atoms with Crippen molar-refractivity contribution in [3.63, 3.8) is 0 Å². The van der Waals surface area contributed by atoms with E-state index in [9.17, 15) is 9.59 Å². The van der Waals surface area contributed by atoms with E-state index < -0.39 is 5.91 Å². The van der Waals surface area contributed by atoms with Gasteiger partial charge in [-0.1, -0.05) is 11.2 Å². The van der Waals surface area contributed by atoms with Gasteiger partial charge < -0.3 is 15.2 Å². The van der Waals surface area contributed by atoms with E-state index >= 15 is 0 Å². The lowest BCUT2D eigenvalue weighted by Gasteiger charge is -2.08. The number of nitrogens with zero attached hydrogens (tertiary/aromatic N) is 2. The van der Waals surface area contributed by atoms with Gasteiger partial charge in [-0.25, -0.2) is 4.98 Å². The molecule has 0 aromatic carbocycles. The number of amides is 2. The fourth-order valence-electron chi connectivity index (χ4n) is 1.63. The number of anilines is 1. The minimum atomic E-state index is -0.456. The predicted molar refractivity (Wildman–Crippen MR) is 76.0 cm³/mol. The van der Waals surface area contributed by atoms with E-state index in [1.54, 1.807) is 25.1 Å². The monoisotopic (exact) mass is 288 g/mol. The molecule has 2 aromatic heterocycles. The van der Waals surface area contributed by atoms with Crippen LogP contribution in [-0.2, 0) is 0 Å². The lowest BCUT2D eigenvalue weighted by molar-refractivity contribution is 0.0938. The van der Waals surface area contributed by atoms with Gasteiger partial charge in [0.1, 0.15) is 17.1 Å². The fraction of sp³-hybridized carbons (Fsp3) is 0.286. The summed E-state index contributed by atoms with van der Waals surface area (Å²) in [5, 5.41) is 8.93. The molecular weight excluding hydrogens is 272 g/mol. The maximum Gasteiger partial charge on any atom is 0.275 e. The van der Waals surface area contributed by atoms with Gasteiger partial charge in [-0.3, -0.25) is 9.59 Å². The van der Waals surface area contributed by atoms with E-state index in [0.29, 0.717) is 11.6 Å². The molecule has 0 fully saturated rings. The Morgan fingerprint density at radius 3 is 2.43 bits per heavy atom. The van der Waals surface area contributed by atoms with E-state index in [2.05, 4.69) is 20.8 Å². The van der Waals surface area contributed by atoms with E-state index in [1.165, 1.54) is 6.07 Å². The molecule has 7 heteroatoms. The zero-order chi connectivity index (χ0) is 15.4. The van der Waals surface area contributed by atoms with Crippen LogP contribution in [0.15, 0.2) is 28.8 Å². The Bertz CT molecular complexity index is 664. The topological polar surface area (TPSA) is 97.1 Å². The van der Waals surface area contributed by atoms with Gasteiger partial charge in [-0.05, 0) is 32.9 Å². The molecule has 2 rings (SSSR count). The van der Waals surface area contributed by atoms with Gasteiger partial charge in [-0.2, -0.15) is 0 Å². The smallest absolute Gasteiger partial charge is 0.275 e. The van der Waals surface area contributed by atoms with Crippen molar-refractivity contribution in [2.45, 2.75) is 26.8 Å². The normalized spacial score (nSPS) is 10.5. The van der Waals surface area contributed by atoms with Crippen LogP contribution >= 0.6 is 0 Å². The van der Waals surface area contributed by atoms with Crippen LogP contribution in [0.5, 0.6) is 0 Å². The first-order valence-corrected chi connectivity index (χ1v) is 6.48. The highest BCUT2D eigenvalue weighted by Gasteiger charge is 2.14. The van der Waals surface area contributed by atoms with Crippen molar-refractivity contribution in [3.8, 4) is 0 Å². The molecule has 0 radical (unpaired) electrons. The number of carbonyl (C=O) groups is 2. The highest BCUT2D eigenvalue weighted by molar-refractivity contribution is 6.03. The maximum absolute atomic E-state index is 12.0. The van der Waals surface area contributed by atoms with Crippen molar-refractivity contribution in [3.05, 3.63) is 41.4 Å². The van der Waals surface area contributed by atoms with Crippen molar-refractivity contribution in [1.82, 2.24) is 15.5 Å². The average molecular weight is 288 g/mol. The Morgan fingerprint density at radius 1 is 1.19 bits per heavy atom. The second-order valence-electron chi connectivity index (χ2n) is 4.81. The maximum atomic E-state index is 12.0. The molecule has 0 atom stereocenters. The van der Waals surface area contributed by atoms with Crippen molar-refractivity contribution in [2.75, 3.05) is 5.32 Å². The molecule has 0 saturated heterocycles. The van der Waals surface area contributed by atoms with Crippen LogP contribution in [0.4, 0.5) is 5.82 Å². The summed E-state index contributed by atoms with van der Waals surface area (Å²) in [6.45, 7) is 5.42. The third kappa shape index (κ3) is 3.88. The molecule has 2 amide bonds. The highest BCUT2D eigenvalue weighted by Crippen LogP contribution is 2.09. The summed E-state index contributed by atoms with van der Waals surface area (Å²) in [6, 6.07) is 6.26. The summed E-state index contributed by atoms with van der Waals surface area (Å²) in [7, 11) is 0. The molecule has 2 aromatic rings. The predicted octanol–water partition coefficient (Wildman–Crippen LogP) is 1.77. The number of aryl methyl sites for hydroxylation is 1. The second kappa shape index (κ2) is 6.17. The Balaban J connectivity index is 2.13. The number of hydrogen-bond donors (Lipinski definition) is 2. The molecule has 2 N–H and O–H groups in total. The quantitative estimate of drug-likeness (QED) is 0.893. The summed E-state index contributed by atoms with van der Waals surface area (Å²) in [4.78, 5) is 27.9. The van der Waals surface area contributed by atoms with E-state index in [-0.39, 0.29) is 23.3 Å². The van der Waals surface area contributed by atoms with Crippen molar-refractivity contribution in [2.24, 2.45) is 0 Å². The van der Waals surface area contributed by atoms with Gasteiger partial charge in [0, 0.05) is 12.1 Å². The summed E-state index contributed by atoms with van der Waals surface area (Å²) in [5.74, 6) is 0.110. The second-order valence-corrected chi connectivity index (χ2v) is 4.81. The fourth-order valence-corrected chi connectivity index (χ4v) is 1.63. The first-order valence-electron chi connectivity index (χ1n) is 6.48. The molecule has 0 aliphatic carbocycles. The zero-order valence-corrected chi connectivity index (χ0v) is 12.0. The van der Waals surface area contributed by atoms with Crippen LogP contribution in [0, 0.1) is 6.92 Å². The highest BCUT2D eigenvalue weighted by atomic mass is 16.5. The van der Waals surface area contributed by atoms with Gasteiger partial charge in [0.25, 0.3) is 11.8 Å². The summed E-state index contributed by atoms with van der Waals surface area (Å²) >= 11 is 0. The number of hydrogen-bond acceptors (Lipinski definition) is 5. The lowest BCUT2D eigenvalue weighted by Crippen LogP contribution is -2.31. The molecule has 0 spiro atoms. The number of nitrogens with one attached hydrogen (secondary N) is 2. The van der Waals surface area contributed by atoms with Crippen LogP contribution < -0.4 is 10.6 Å². The minimum absolute atomic E-state index is 0.00473. The third-order valence-electron chi connectivity index (χ3n) is 2.50. The van der Waals surface area contributed by atoms with Gasteiger partial charge in [-0.15, -0.1) is 0 Å². The standard InChI is InChI=1S/C14H16N4O3/c1-8(2)15-13(19)10-5-4-6-11(16-10)14(20)17-12-7-9(3)21-18-12/h4-8H,1-3H3,(H,15,19)(H,17,18,20). The SMILES string of the molecule is Cc1cc(NC(=O)c2cccc(C(=O)NC(C)C)n2)no1. The van der Waals surface area contributed by atoms with Gasteiger partial charge in [0.15, 0.2) is 5.82 Å². The van der Waals surface area contributed by atoms with Crippen LogP contribution in [0.1, 0.15) is 40.6 Å². The van der Waals surface area contributed by atoms with Gasteiger partial charge in [0.05, 0.1) is 0 Å². The summed E-state index contributed by atoms with van der Waals surface area (Å²) < 4.78 is 4.86. The molecule has 110 valence electrons. The lowest BCUT2D eigenvalue weighted by atomic mass is 10.2. The summed E-state index contributed by atoms with van der Waals surface area (Å²) in [5.41, 5.74) is 0.319. The largest absolute Gasteiger partial charge is 0.360 e. The molecule has 2 heterocycles. The Hall–Kier alpha value is -2.70. The van der Waals surface area contributed by atoms with Gasteiger partial charge >= 0.3 is 0 Å². The molecular formula is C14H16N4O3. The van der Waals surface area contributed by atoms with Crippen LogP contribution in [-0.4, -0.2) is 28.0 Å². The van der Waals surface area contributed by atoms with Crippen LogP contribution in [0.3, 0.4) is 0 Å². The number of aromatic nitrogens is 2. The molecule has 7 nitrogen and oxygen atoms in total. The molecule has 0 bridgehead atoms. The molecule has 0 saturated carbocycles. The first-order chi connectivity index (χ1) is 9.95. The van der Waals surface area contributed by atoms with Crippen molar-refractivity contribution < 1.29 is 14.1 Å². The Morgan fingerprint density at radius 2 is 1.86 bits per heavy atom. The Kier molecular flexibility index (Phi) is 4.32. The molecule has 0 aliphatic heterocycles. The van der Waals surface area contributed by atoms with Crippen molar-refractivity contribution >= 4 is 17.6 Å². The van der Waals surface area contributed by atoms with E-state index in [4.69, 9.17) is 4.52 Å². The first kappa shape index (κ1) is 14.7. The molecule has 21 heavy (non-hydrogen) atoms. The van der Waals surface area contributed by atoms with E-state index in [1.807, 2.05) is 13.8 Å². The number of rotatable bonds is 4. The minimum Gasteiger partial charge on any atom is -0.360 e. The molecule has 0 unspecified atom stereocenters. The molecule has 0 aliphatic rings. The van der Waals surface area contributed by atoms with Crippen LogP contribution in [0.2, 0.25) is 0 Å². The number of carbonyl (C=O) groups excluding carboxylic acids is 2. The van der Waals surface area contributed by atoms with Crippen LogP contribution in [0.25, 0.3) is 0 Å². The Labute approximate surface area is 121 Å². The number of pyridine rings is 1. The third-order valence-corrected chi connectivity index (χ3v) is 2.50. The van der Waals surface area contributed by atoms with Crippen molar-refractivity contribution in [1.29, 1.82) is 0 Å². The summed E-state index contributed by atoms with van der Waals surface area (Å²) in [6.07, 6.45) is 0. The van der Waals surface area contributed by atoms with Gasteiger partial charge in [0.2, 0.25) is 0 Å². The zero-order valence-electron chi connectivity index (χ0n) is 12.0. The van der Waals surface area contributed by atoms with E-state index in [0.717, 1.165) is 0 Å².